The molecule has 27 heavy (non-hydrogen) atoms. The number of urea groups is 1. The highest BCUT2D eigenvalue weighted by molar-refractivity contribution is 6.31. The molecular weight excluding hydrogens is 387 g/mol. The van der Waals surface area contributed by atoms with E-state index < -0.39 is 0 Å². The monoisotopic (exact) mass is 402 g/mol. The Hall–Kier alpha value is -2.64. The van der Waals surface area contributed by atoms with Crippen molar-refractivity contribution in [3.05, 3.63) is 52.9 Å². The summed E-state index contributed by atoms with van der Waals surface area (Å²) in [4.78, 5) is 29.3. The van der Waals surface area contributed by atoms with Crippen LogP contribution in [-0.2, 0) is 0 Å². The Morgan fingerprint density at radius 3 is 2.63 bits per heavy atom. The van der Waals surface area contributed by atoms with E-state index >= 15 is 0 Å². The van der Waals surface area contributed by atoms with E-state index in [2.05, 4.69) is 25.2 Å². The van der Waals surface area contributed by atoms with Crippen molar-refractivity contribution in [3.63, 3.8) is 0 Å². The molecule has 2 aromatic heterocycles. The standard InChI is InChI=1S/C18H16Cl2N6O/c19-12-2-1-3-13(10-12)23-18(27)26-8-6-25(7-9-26)17-16-14(21-11-22-17)4-5-15(20)24-16/h1-5,10-11H,6-9H2,(H,23,27). The molecule has 2 amide bonds. The molecule has 1 fully saturated rings. The van der Waals surface area contributed by atoms with Crippen LogP contribution in [0.2, 0.25) is 10.2 Å². The minimum absolute atomic E-state index is 0.148. The van der Waals surface area contributed by atoms with Gasteiger partial charge in [-0.1, -0.05) is 29.3 Å². The van der Waals surface area contributed by atoms with E-state index in [-0.39, 0.29) is 6.03 Å². The Labute approximate surface area is 165 Å². The molecule has 7 nitrogen and oxygen atoms in total. The van der Waals surface area contributed by atoms with Crippen LogP contribution in [0.3, 0.4) is 0 Å². The maximum Gasteiger partial charge on any atom is 0.321 e. The van der Waals surface area contributed by atoms with Crippen molar-refractivity contribution in [2.24, 2.45) is 0 Å². The van der Waals surface area contributed by atoms with Gasteiger partial charge in [0.25, 0.3) is 0 Å². The van der Waals surface area contributed by atoms with Crippen LogP contribution in [0.1, 0.15) is 0 Å². The zero-order valence-electron chi connectivity index (χ0n) is 14.3. The van der Waals surface area contributed by atoms with Crippen molar-refractivity contribution >= 4 is 51.8 Å². The summed E-state index contributed by atoms with van der Waals surface area (Å²) in [7, 11) is 0. The van der Waals surface area contributed by atoms with Crippen LogP contribution in [0.25, 0.3) is 11.0 Å². The summed E-state index contributed by atoms with van der Waals surface area (Å²) in [6.45, 7) is 2.42. The van der Waals surface area contributed by atoms with Crippen LogP contribution in [0.15, 0.2) is 42.7 Å². The molecule has 0 saturated carbocycles. The predicted molar refractivity (Wildman–Crippen MR) is 107 cm³/mol. The first-order valence-electron chi connectivity index (χ1n) is 8.44. The number of anilines is 2. The predicted octanol–water partition coefficient (Wildman–Crippen LogP) is 3.69. The Morgan fingerprint density at radius 1 is 1.04 bits per heavy atom. The second-order valence-electron chi connectivity index (χ2n) is 6.11. The van der Waals surface area contributed by atoms with E-state index in [4.69, 9.17) is 23.2 Å². The molecule has 1 aliphatic rings. The van der Waals surface area contributed by atoms with Crippen LogP contribution < -0.4 is 10.2 Å². The smallest absolute Gasteiger partial charge is 0.321 e. The van der Waals surface area contributed by atoms with Gasteiger partial charge in [0.1, 0.15) is 17.0 Å². The van der Waals surface area contributed by atoms with Crippen molar-refractivity contribution in [1.82, 2.24) is 19.9 Å². The maximum absolute atomic E-state index is 12.5. The normalized spacial score (nSPS) is 14.4. The minimum atomic E-state index is -0.148. The van der Waals surface area contributed by atoms with Crippen LogP contribution in [0, 0.1) is 0 Å². The minimum Gasteiger partial charge on any atom is -0.351 e. The number of piperazine rings is 1. The Morgan fingerprint density at radius 2 is 1.85 bits per heavy atom. The summed E-state index contributed by atoms with van der Waals surface area (Å²) < 4.78 is 0. The highest BCUT2D eigenvalue weighted by Crippen LogP contribution is 2.24. The molecule has 0 unspecified atom stereocenters. The highest BCUT2D eigenvalue weighted by Gasteiger charge is 2.23. The van der Waals surface area contributed by atoms with Crippen molar-refractivity contribution in [3.8, 4) is 0 Å². The summed E-state index contributed by atoms with van der Waals surface area (Å²) >= 11 is 12.0. The summed E-state index contributed by atoms with van der Waals surface area (Å²) in [6, 6.07) is 10.5. The van der Waals surface area contributed by atoms with Gasteiger partial charge >= 0.3 is 6.03 Å². The number of carbonyl (C=O) groups is 1. The molecular formula is C18H16Cl2N6O. The molecule has 0 aliphatic carbocycles. The summed E-state index contributed by atoms with van der Waals surface area (Å²) in [5.41, 5.74) is 2.09. The quantitative estimate of drug-likeness (QED) is 0.661. The number of amides is 2. The summed E-state index contributed by atoms with van der Waals surface area (Å²) in [5, 5.41) is 3.86. The van der Waals surface area contributed by atoms with Crippen LogP contribution in [0.4, 0.5) is 16.3 Å². The zero-order chi connectivity index (χ0) is 18.8. The molecule has 1 saturated heterocycles. The fourth-order valence-corrected chi connectivity index (χ4v) is 3.36. The van der Waals surface area contributed by atoms with Gasteiger partial charge in [0, 0.05) is 36.9 Å². The maximum atomic E-state index is 12.5. The molecule has 9 heteroatoms. The number of fused-ring (bicyclic) bond motifs is 1. The number of aromatic nitrogens is 3. The number of hydrogen-bond donors (Lipinski definition) is 1. The van der Waals surface area contributed by atoms with E-state index in [1.54, 1.807) is 29.2 Å². The van der Waals surface area contributed by atoms with Crippen molar-refractivity contribution in [1.29, 1.82) is 0 Å². The topological polar surface area (TPSA) is 74.2 Å². The van der Waals surface area contributed by atoms with Gasteiger partial charge in [-0.25, -0.2) is 19.7 Å². The number of nitrogens with zero attached hydrogens (tertiary/aromatic N) is 5. The number of hydrogen-bond acceptors (Lipinski definition) is 5. The van der Waals surface area contributed by atoms with E-state index in [9.17, 15) is 4.79 Å². The van der Waals surface area contributed by atoms with Crippen molar-refractivity contribution in [2.45, 2.75) is 0 Å². The van der Waals surface area contributed by atoms with Gasteiger partial charge in [0.05, 0.1) is 5.52 Å². The molecule has 0 spiro atoms. The van der Waals surface area contributed by atoms with Crippen molar-refractivity contribution < 1.29 is 4.79 Å². The van der Waals surface area contributed by atoms with E-state index in [0.717, 1.165) is 11.3 Å². The first-order chi connectivity index (χ1) is 13.1. The third-order valence-corrected chi connectivity index (χ3v) is 4.82. The SMILES string of the molecule is O=C(Nc1cccc(Cl)c1)N1CCN(c2ncnc3ccc(Cl)nc23)CC1. The zero-order valence-corrected chi connectivity index (χ0v) is 15.8. The van der Waals surface area contributed by atoms with Crippen LogP contribution in [0.5, 0.6) is 0 Å². The number of pyridine rings is 1. The summed E-state index contributed by atoms with van der Waals surface area (Å²) in [5.74, 6) is 0.734. The number of rotatable bonds is 2. The lowest BCUT2D eigenvalue weighted by molar-refractivity contribution is 0.208. The van der Waals surface area contributed by atoms with Crippen LogP contribution in [-0.4, -0.2) is 52.1 Å². The van der Waals surface area contributed by atoms with E-state index in [1.165, 1.54) is 6.33 Å². The summed E-state index contributed by atoms with van der Waals surface area (Å²) in [6.07, 6.45) is 1.52. The first kappa shape index (κ1) is 17.8. The molecule has 1 aromatic carbocycles. The van der Waals surface area contributed by atoms with Gasteiger partial charge in [-0.05, 0) is 30.3 Å². The molecule has 0 radical (unpaired) electrons. The van der Waals surface area contributed by atoms with Crippen LogP contribution >= 0.6 is 23.2 Å². The van der Waals surface area contributed by atoms with Crippen molar-refractivity contribution in [2.75, 3.05) is 36.4 Å². The van der Waals surface area contributed by atoms with Gasteiger partial charge in [0.2, 0.25) is 0 Å². The molecule has 0 atom stereocenters. The fourth-order valence-electron chi connectivity index (χ4n) is 3.03. The molecule has 4 rings (SSSR count). The van der Waals surface area contributed by atoms with Gasteiger partial charge in [-0.15, -0.1) is 0 Å². The number of carbonyl (C=O) groups excluding carboxylic acids is 1. The van der Waals surface area contributed by atoms with E-state index in [0.29, 0.717) is 47.6 Å². The lowest BCUT2D eigenvalue weighted by Crippen LogP contribution is -2.50. The molecule has 1 N–H and O–H groups in total. The second kappa shape index (κ2) is 7.54. The third kappa shape index (κ3) is 3.89. The number of benzene rings is 1. The fraction of sp³-hybridized carbons (Fsp3) is 0.222. The van der Waals surface area contributed by atoms with Gasteiger partial charge in [-0.3, -0.25) is 0 Å². The average Bonchev–Trinajstić information content (AvgIpc) is 2.67. The van der Waals surface area contributed by atoms with E-state index in [1.807, 2.05) is 12.1 Å². The molecule has 3 aromatic rings. The molecule has 138 valence electrons. The number of nitrogens with one attached hydrogen (secondary N) is 1. The first-order valence-corrected chi connectivity index (χ1v) is 9.19. The second-order valence-corrected chi connectivity index (χ2v) is 6.94. The Bertz CT molecular complexity index is 991. The molecule has 3 heterocycles. The Kier molecular flexibility index (Phi) is 4.96. The molecule has 0 bridgehead atoms. The average molecular weight is 403 g/mol. The van der Waals surface area contributed by atoms with Gasteiger partial charge < -0.3 is 15.1 Å². The van der Waals surface area contributed by atoms with Gasteiger partial charge in [-0.2, -0.15) is 0 Å². The lowest BCUT2D eigenvalue weighted by atomic mass is 10.2. The Balaban J connectivity index is 1.45. The number of halogens is 2. The third-order valence-electron chi connectivity index (χ3n) is 4.37. The van der Waals surface area contributed by atoms with Gasteiger partial charge in [0.15, 0.2) is 5.82 Å². The lowest BCUT2D eigenvalue weighted by Gasteiger charge is -2.35. The molecule has 1 aliphatic heterocycles. The highest BCUT2D eigenvalue weighted by atomic mass is 35.5. The largest absolute Gasteiger partial charge is 0.351 e.